The lowest BCUT2D eigenvalue weighted by molar-refractivity contribution is 0.427. The largest absolute Gasteiger partial charge is 0.254 e. The van der Waals surface area contributed by atoms with Crippen LogP contribution in [-0.2, 0) is 5.41 Å². The van der Waals surface area contributed by atoms with Crippen LogP contribution in [0.1, 0.15) is 84.5 Å². The monoisotopic (exact) mass is 581 g/mol. The van der Waals surface area contributed by atoms with Crippen molar-refractivity contribution in [2.75, 3.05) is 7.05 Å². The van der Waals surface area contributed by atoms with E-state index in [1.54, 1.807) is 11.1 Å². The van der Waals surface area contributed by atoms with Crippen LogP contribution in [0.2, 0.25) is 0 Å². The summed E-state index contributed by atoms with van der Waals surface area (Å²) in [5.41, 5.74) is 7.85. The Kier molecular flexibility index (Phi) is 9.12. The maximum atomic E-state index is 2.86. The molecule has 0 bridgehead atoms. The lowest BCUT2D eigenvalue weighted by atomic mass is 9.74. The summed E-state index contributed by atoms with van der Waals surface area (Å²) < 4.78 is 2.86. The maximum Gasteiger partial charge on any atom is 0.0315 e. The molecule has 1 saturated heterocycles. The number of hydrogen-bond donors (Lipinski definition) is 0. The van der Waals surface area contributed by atoms with Gasteiger partial charge in [-0.15, -0.1) is 0 Å². The Morgan fingerprint density at radius 3 is 1.71 bits per heavy atom. The molecular formula is C38H49NP2. The van der Waals surface area contributed by atoms with Crippen molar-refractivity contribution in [1.29, 1.82) is 0 Å². The zero-order chi connectivity index (χ0) is 29.4. The molecule has 1 nitrogen and oxygen atoms in total. The number of benzene rings is 3. The highest BCUT2D eigenvalue weighted by atomic mass is 31.2. The van der Waals surface area contributed by atoms with Gasteiger partial charge < -0.3 is 0 Å². The molecule has 5 rings (SSSR count). The van der Waals surface area contributed by atoms with Crippen LogP contribution in [0.4, 0.5) is 0 Å². The molecule has 3 aromatic rings. The molecule has 0 N–H and O–H groups in total. The van der Waals surface area contributed by atoms with Crippen molar-refractivity contribution >= 4 is 26.8 Å². The van der Waals surface area contributed by atoms with E-state index < -0.39 is 16.1 Å². The lowest BCUT2D eigenvalue weighted by Gasteiger charge is -2.42. The Labute approximate surface area is 252 Å². The van der Waals surface area contributed by atoms with Gasteiger partial charge >= 0.3 is 0 Å². The minimum atomic E-state index is -0.631. The van der Waals surface area contributed by atoms with Crippen molar-refractivity contribution in [3.8, 4) is 0 Å². The smallest absolute Gasteiger partial charge is 0.0315 e. The van der Waals surface area contributed by atoms with E-state index in [1.807, 2.05) is 0 Å². The van der Waals surface area contributed by atoms with Crippen LogP contribution in [-0.4, -0.2) is 17.1 Å². The zero-order valence-electron chi connectivity index (χ0n) is 26.4. The van der Waals surface area contributed by atoms with Gasteiger partial charge in [-0.2, -0.15) is 0 Å². The van der Waals surface area contributed by atoms with E-state index in [2.05, 4.69) is 157 Å². The topological polar surface area (TPSA) is 3.24 Å². The van der Waals surface area contributed by atoms with Gasteiger partial charge in [-0.05, 0) is 72.9 Å². The molecule has 0 aromatic heterocycles. The Hall–Kier alpha value is -2.04. The summed E-state index contributed by atoms with van der Waals surface area (Å²) in [7, 11) is 1.37. The summed E-state index contributed by atoms with van der Waals surface area (Å²) in [6.07, 6.45) is 8.77. The van der Waals surface area contributed by atoms with Crippen LogP contribution in [0.25, 0.3) is 0 Å². The molecule has 41 heavy (non-hydrogen) atoms. The number of nitrogens with zero attached hydrogens (tertiary/aromatic N) is 1. The zero-order valence-corrected chi connectivity index (χ0v) is 28.2. The predicted molar refractivity (Wildman–Crippen MR) is 184 cm³/mol. The molecular weight excluding hydrogens is 532 g/mol. The minimum Gasteiger partial charge on any atom is -0.254 e. The first-order chi connectivity index (χ1) is 19.4. The normalized spacial score (nSPS) is 23.6. The molecule has 2 unspecified atom stereocenters. The van der Waals surface area contributed by atoms with Crippen molar-refractivity contribution in [3.63, 3.8) is 0 Å². The highest BCUT2D eigenvalue weighted by molar-refractivity contribution is 7.79. The Morgan fingerprint density at radius 2 is 1.22 bits per heavy atom. The van der Waals surface area contributed by atoms with E-state index in [9.17, 15) is 0 Å². The summed E-state index contributed by atoms with van der Waals surface area (Å²) in [5.74, 6) is 0.604. The fourth-order valence-electron chi connectivity index (χ4n) is 6.93. The summed E-state index contributed by atoms with van der Waals surface area (Å²) in [6, 6.07) is 32.3. The fraction of sp³-hybridized carbons (Fsp3) is 0.421. The summed E-state index contributed by atoms with van der Waals surface area (Å²) in [4.78, 5) is 0. The van der Waals surface area contributed by atoms with Gasteiger partial charge in [0.15, 0.2) is 0 Å². The van der Waals surface area contributed by atoms with Gasteiger partial charge in [-0.25, -0.2) is 0 Å². The van der Waals surface area contributed by atoms with Crippen LogP contribution < -0.4 is 10.6 Å². The van der Waals surface area contributed by atoms with Crippen molar-refractivity contribution in [2.24, 2.45) is 11.3 Å². The van der Waals surface area contributed by atoms with Gasteiger partial charge in [-0.3, -0.25) is 4.44 Å². The van der Waals surface area contributed by atoms with Crippen molar-refractivity contribution in [2.45, 2.75) is 84.5 Å². The van der Waals surface area contributed by atoms with Gasteiger partial charge in [0, 0.05) is 19.4 Å². The van der Waals surface area contributed by atoms with E-state index in [1.165, 1.54) is 41.0 Å². The molecule has 216 valence electrons. The standard InChI is InChI=1S/C38H49NP2/c1-28-27-30(21-24-34(28)38(5,6)7)36-26-25-35(29-19-22-31(23-20-29)37(2,3)4)41(36)39(8)40(32-15-11-9-12-16-32)33-17-13-10-14-18-33/h9-24,28,35-36H,25-27H2,1-8H3/t28?,35-,36-,41?/m0/s1. The van der Waals surface area contributed by atoms with Crippen molar-refractivity contribution in [3.05, 3.63) is 119 Å². The SMILES string of the molecule is CC1CC([C@@H]2CC[C@@H](c3ccc(C(C)(C)C)cc3)P2N(C)P(c2ccccc2)c2ccccc2)=CC=C1C(C)(C)C. The van der Waals surface area contributed by atoms with Crippen LogP contribution in [0.15, 0.2) is 108 Å². The van der Waals surface area contributed by atoms with E-state index in [0.717, 1.165) is 0 Å². The second-order valence-electron chi connectivity index (χ2n) is 14.1. The summed E-state index contributed by atoms with van der Waals surface area (Å²) in [6.45, 7) is 16.5. The molecule has 1 heterocycles. The van der Waals surface area contributed by atoms with E-state index >= 15 is 0 Å². The van der Waals surface area contributed by atoms with Crippen molar-refractivity contribution < 1.29 is 0 Å². The van der Waals surface area contributed by atoms with Crippen LogP contribution in [0, 0.1) is 11.3 Å². The predicted octanol–water partition coefficient (Wildman–Crippen LogP) is 10.5. The molecule has 2 aliphatic rings. The average Bonchev–Trinajstić information content (AvgIpc) is 3.38. The van der Waals surface area contributed by atoms with Crippen LogP contribution in [0.3, 0.4) is 0 Å². The molecule has 0 radical (unpaired) electrons. The summed E-state index contributed by atoms with van der Waals surface area (Å²) in [5, 5.41) is 2.90. The fourth-order valence-corrected chi connectivity index (χ4v) is 14.1. The average molecular weight is 582 g/mol. The van der Waals surface area contributed by atoms with Gasteiger partial charge in [0.2, 0.25) is 0 Å². The second-order valence-corrected chi connectivity index (χ2v) is 19.2. The van der Waals surface area contributed by atoms with E-state index in [-0.39, 0.29) is 10.8 Å². The summed E-state index contributed by atoms with van der Waals surface area (Å²) >= 11 is 0. The highest BCUT2D eigenvalue weighted by Crippen LogP contribution is 2.72. The van der Waals surface area contributed by atoms with Gasteiger partial charge in [0.05, 0.1) is 0 Å². The highest BCUT2D eigenvalue weighted by Gasteiger charge is 2.44. The van der Waals surface area contributed by atoms with E-state index in [0.29, 0.717) is 17.2 Å². The molecule has 0 spiro atoms. The van der Waals surface area contributed by atoms with Crippen molar-refractivity contribution in [1.82, 2.24) is 4.44 Å². The lowest BCUT2D eigenvalue weighted by Crippen LogP contribution is -2.27. The third-order valence-corrected chi connectivity index (χ3v) is 15.4. The van der Waals surface area contributed by atoms with Gasteiger partial charge in [0.25, 0.3) is 0 Å². The molecule has 0 amide bonds. The molecule has 3 heteroatoms. The third kappa shape index (κ3) is 6.64. The van der Waals surface area contributed by atoms with Gasteiger partial charge in [-0.1, -0.05) is 157 Å². The van der Waals surface area contributed by atoms with Crippen LogP contribution in [0.5, 0.6) is 0 Å². The molecule has 4 atom stereocenters. The Balaban J connectivity index is 1.59. The first kappa shape index (κ1) is 30.4. The maximum absolute atomic E-state index is 2.86. The van der Waals surface area contributed by atoms with Gasteiger partial charge in [0.1, 0.15) is 0 Å². The minimum absolute atomic E-state index is 0.174. The molecule has 0 saturated carbocycles. The number of allylic oxidation sites excluding steroid dienone is 4. The Bertz CT molecular complexity index is 1320. The number of rotatable bonds is 6. The molecule has 3 aromatic carbocycles. The number of hydrogen-bond acceptors (Lipinski definition) is 1. The van der Waals surface area contributed by atoms with E-state index in [4.69, 9.17) is 0 Å². The first-order valence-corrected chi connectivity index (χ1v) is 18.1. The Morgan fingerprint density at radius 1 is 0.683 bits per heavy atom. The molecule has 1 fully saturated rings. The quantitative estimate of drug-likeness (QED) is 0.262. The second kappa shape index (κ2) is 12.3. The molecule has 1 aliphatic heterocycles. The molecule has 1 aliphatic carbocycles. The van der Waals surface area contributed by atoms with Crippen LogP contribution >= 0.6 is 16.1 Å². The first-order valence-electron chi connectivity index (χ1n) is 15.4. The third-order valence-electron chi connectivity index (χ3n) is 8.98.